The molecule has 180 valence electrons. The van der Waals surface area contributed by atoms with Gasteiger partial charge in [-0.15, -0.1) is 0 Å². The van der Waals surface area contributed by atoms with Gasteiger partial charge in [0.15, 0.2) is 4.88 Å². The van der Waals surface area contributed by atoms with Crippen molar-refractivity contribution in [3.05, 3.63) is 52.2 Å². The molecule has 1 spiro atoms. The van der Waals surface area contributed by atoms with E-state index in [1.165, 1.54) is 7.11 Å². The van der Waals surface area contributed by atoms with Crippen molar-refractivity contribution < 1.29 is 19.1 Å². The van der Waals surface area contributed by atoms with E-state index in [9.17, 15) is 9.59 Å². The summed E-state index contributed by atoms with van der Waals surface area (Å²) < 4.78 is 12.7. The second-order valence-corrected chi connectivity index (χ2v) is 10.1. The average molecular weight is 493 g/mol. The van der Waals surface area contributed by atoms with Crippen LogP contribution in [0.2, 0.25) is 0 Å². The molecule has 3 aromatic rings. The van der Waals surface area contributed by atoms with Crippen LogP contribution in [0.4, 0.5) is 0 Å². The van der Waals surface area contributed by atoms with E-state index >= 15 is 0 Å². The van der Waals surface area contributed by atoms with Gasteiger partial charge in [0.1, 0.15) is 6.10 Å². The van der Waals surface area contributed by atoms with E-state index in [2.05, 4.69) is 21.5 Å². The molecule has 10 nitrogen and oxygen atoms in total. The summed E-state index contributed by atoms with van der Waals surface area (Å²) in [4.78, 5) is 29.0. The Morgan fingerprint density at radius 2 is 1.97 bits per heavy atom. The summed E-state index contributed by atoms with van der Waals surface area (Å²) in [6, 6.07) is 9.24. The highest BCUT2D eigenvalue weighted by Crippen LogP contribution is 2.57. The summed E-state index contributed by atoms with van der Waals surface area (Å²) in [5.74, 6) is -0.493. The highest BCUT2D eigenvalue weighted by atomic mass is 32.1. The van der Waals surface area contributed by atoms with E-state index in [-0.39, 0.29) is 34.2 Å². The zero-order chi connectivity index (χ0) is 24.7. The van der Waals surface area contributed by atoms with Gasteiger partial charge in [0.25, 0.3) is 17.0 Å². The maximum absolute atomic E-state index is 12.9. The molecule has 0 saturated heterocycles. The molecule has 0 unspecified atom stereocenters. The fourth-order valence-electron chi connectivity index (χ4n) is 5.01. The molecule has 1 aromatic carbocycles. The first kappa shape index (κ1) is 22.9. The minimum atomic E-state index is -0.584. The number of aromatic nitrogens is 3. The standard InChI is InChI=1S/C24H24N6O4S/c1-13-18(12-27-30(13)16-5-3-14(11-25)4-6-16)21(32)28-15-7-24(8-15)9-17(10-24)34-22-19(20(26)31)35-23(29-22)33-2/h3-6,12,15,17H,7-10H2,1-2H3,(H2,26,31)(H,28,32)/t15-,17-,24?. The van der Waals surface area contributed by atoms with Crippen molar-refractivity contribution in [2.75, 3.05) is 7.11 Å². The van der Waals surface area contributed by atoms with Crippen LogP contribution in [0, 0.1) is 23.7 Å². The number of carbonyl (C=O) groups is 2. The van der Waals surface area contributed by atoms with Crippen LogP contribution in [0.15, 0.2) is 30.5 Å². The number of methoxy groups -OCH3 is 1. The van der Waals surface area contributed by atoms with Gasteiger partial charge in [-0.2, -0.15) is 15.3 Å². The molecule has 11 heteroatoms. The average Bonchev–Trinajstić information content (AvgIpc) is 3.39. The molecule has 0 radical (unpaired) electrons. The van der Waals surface area contributed by atoms with E-state index in [0.717, 1.165) is 48.4 Å². The van der Waals surface area contributed by atoms with Crippen molar-refractivity contribution in [2.24, 2.45) is 11.1 Å². The molecule has 2 heterocycles. The number of amides is 2. The number of rotatable bonds is 7. The highest BCUT2D eigenvalue weighted by Gasteiger charge is 2.54. The molecule has 2 aliphatic rings. The number of ether oxygens (including phenoxy) is 2. The first-order valence-electron chi connectivity index (χ1n) is 11.2. The van der Waals surface area contributed by atoms with Gasteiger partial charge in [0, 0.05) is 6.04 Å². The Hall–Kier alpha value is -3.91. The quantitative estimate of drug-likeness (QED) is 0.516. The van der Waals surface area contributed by atoms with Gasteiger partial charge in [0.05, 0.1) is 41.9 Å². The van der Waals surface area contributed by atoms with Crippen LogP contribution in [0.25, 0.3) is 5.69 Å². The molecule has 2 fully saturated rings. The van der Waals surface area contributed by atoms with Gasteiger partial charge in [-0.3, -0.25) is 9.59 Å². The fraction of sp³-hybridized carbons (Fsp3) is 0.375. The molecule has 0 aliphatic heterocycles. The molecule has 2 saturated carbocycles. The van der Waals surface area contributed by atoms with Gasteiger partial charge in [-0.05, 0) is 62.3 Å². The van der Waals surface area contributed by atoms with E-state index in [1.807, 2.05) is 6.92 Å². The zero-order valence-electron chi connectivity index (χ0n) is 19.3. The molecule has 35 heavy (non-hydrogen) atoms. The number of nitrogens with two attached hydrogens (primary N) is 1. The third kappa shape index (κ3) is 4.21. The molecular formula is C24H24N6O4S. The lowest BCUT2D eigenvalue weighted by Crippen LogP contribution is -2.58. The largest absolute Gasteiger partial charge is 0.473 e. The number of thiazole rings is 1. The third-order valence-electron chi connectivity index (χ3n) is 6.76. The van der Waals surface area contributed by atoms with Gasteiger partial charge < -0.3 is 20.5 Å². The lowest BCUT2D eigenvalue weighted by molar-refractivity contribution is -0.0846. The van der Waals surface area contributed by atoms with Crippen molar-refractivity contribution in [3.63, 3.8) is 0 Å². The molecule has 0 atom stereocenters. The topological polar surface area (TPSA) is 145 Å². The van der Waals surface area contributed by atoms with Crippen molar-refractivity contribution in [2.45, 2.75) is 44.8 Å². The van der Waals surface area contributed by atoms with Crippen molar-refractivity contribution >= 4 is 23.2 Å². The summed E-state index contributed by atoms with van der Waals surface area (Å²) in [7, 11) is 1.48. The zero-order valence-corrected chi connectivity index (χ0v) is 20.1. The number of primary amides is 1. The first-order chi connectivity index (χ1) is 16.8. The number of nitrogens with zero attached hydrogens (tertiary/aromatic N) is 4. The third-order valence-corrected chi connectivity index (χ3v) is 7.78. The lowest BCUT2D eigenvalue weighted by Gasteiger charge is -2.57. The van der Waals surface area contributed by atoms with Gasteiger partial charge >= 0.3 is 0 Å². The Labute approximate surface area is 205 Å². The Balaban J connectivity index is 1.14. The number of hydrogen-bond acceptors (Lipinski definition) is 8. The fourth-order valence-corrected chi connectivity index (χ4v) is 5.68. The number of carbonyl (C=O) groups excluding carboxylic acids is 2. The predicted molar refractivity (Wildman–Crippen MR) is 127 cm³/mol. The normalized spacial score (nSPS) is 22.5. The molecule has 5 rings (SSSR count). The Kier molecular flexibility index (Phi) is 5.68. The van der Waals surface area contributed by atoms with Crippen LogP contribution in [-0.4, -0.2) is 45.8 Å². The maximum Gasteiger partial charge on any atom is 0.277 e. The van der Waals surface area contributed by atoms with Crippen LogP contribution in [0.5, 0.6) is 11.1 Å². The predicted octanol–water partition coefficient (Wildman–Crippen LogP) is 2.74. The second kappa shape index (κ2) is 8.70. The van der Waals surface area contributed by atoms with Crippen LogP contribution >= 0.6 is 11.3 Å². The lowest BCUT2D eigenvalue weighted by atomic mass is 9.53. The Morgan fingerprint density at radius 3 is 2.60 bits per heavy atom. The summed E-state index contributed by atoms with van der Waals surface area (Å²) in [5, 5.41) is 16.8. The Bertz CT molecular complexity index is 1320. The van der Waals surface area contributed by atoms with Crippen LogP contribution in [-0.2, 0) is 0 Å². The smallest absolute Gasteiger partial charge is 0.277 e. The summed E-state index contributed by atoms with van der Waals surface area (Å²) in [6.45, 7) is 1.85. The van der Waals surface area contributed by atoms with Crippen molar-refractivity contribution in [1.29, 1.82) is 5.26 Å². The Morgan fingerprint density at radius 1 is 1.26 bits per heavy atom. The van der Waals surface area contributed by atoms with Gasteiger partial charge in [-0.1, -0.05) is 11.3 Å². The molecule has 3 N–H and O–H groups in total. The number of nitrogens with one attached hydrogen (secondary N) is 1. The highest BCUT2D eigenvalue weighted by molar-refractivity contribution is 7.15. The van der Waals surface area contributed by atoms with E-state index in [4.69, 9.17) is 20.5 Å². The summed E-state index contributed by atoms with van der Waals surface area (Å²) >= 11 is 1.07. The number of nitriles is 1. The van der Waals surface area contributed by atoms with Crippen LogP contribution in [0.3, 0.4) is 0 Å². The van der Waals surface area contributed by atoms with E-state index < -0.39 is 5.91 Å². The minimum Gasteiger partial charge on any atom is -0.473 e. The number of benzene rings is 1. The number of hydrogen-bond donors (Lipinski definition) is 2. The SMILES string of the molecule is COc1nc(O[C@H]2CC3(C[C@H](NC(=O)c4cnn(-c5ccc(C#N)cc5)c4C)C3)C2)c(C(N)=O)s1. The van der Waals surface area contributed by atoms with E-state index in [0.29, 0.717) is 16.3 Å². The molecular weight excluding hydrogens is 468 g/mol. The van der Waals surface area contributed by atoms with Gasteiger partial charge in [-0.25, -0.2) is 4.68 Å². The van der Waals surface area contributed by atoms with Crippen LogP contribution < -0.4 is 20.5 Å². The molecule has 2 amide bonds. The van der Waals surface area contributed by atoms with E-state index in [1.54, 1.807) is 35.1 Å². The molecule has 2 aromatic heterocycles. The van der Waals surface area contributed by atoms with Gasteiger partial charge in [0.2, 0.25) is 5.88 Å². The first-order valence-corrected chi connectivity index (χ1v) is 12.0. The summed E-state index contributed by atoms with van der Waals surface area (Å²) in [6.07, 6.45) is 4.97. The monoisotopic (exact) mass is 492 g/mol. The maximum atomic E-state index is 12.9. The molecule has 2 aliphatic carbocycles. The van der Waals surface area contributed by atoms with Crippen molar-refractivity contribution in [3.8, 4) is 22.8 Å². The van der Waals surface area contributed by atoms with Crippen molar-refractivity contribution in [1.82, 2.24) is 20.1 Å². The second-order valence-electron chi connectivity index (χ2n) is 9.12. The summed E-state index contributed by atoms with van der Waals surface area (Å²) in [5.41, 5.74) is 8.19. The minimum absolute atomic E-state index is 0.0375. The molecule has 0 bridgehead atoms. The van der Waals surface area contributed by atoms with Crippen LogP contribution in [0.1, 0.15) is 57.0 Å².